The van der Waals surface area contributed by atoms with E-state index in [0.717, 1.165) is 17.7 Å². The second-order valence-electron chi connectivity index (χ2n) is 3.10. The Bertz CT molecular complexity index is 314. The molecule has 0 saturated carbocycles. The fraction of sp³-hybridized carbons (Fsp3) is 0.500. The van der Waals surface area contributed by atoms with Crippen LogP contribution < -0.4 is 0 Å². The first-order chi connectivity index (χ1) is 5.20. The summed E-state index contributed by atoms with van der Waals surface area (Å²) in [5.74, 6) is 0.405. The molecule has 0 bridgehead atoms. The van der Waals surface area contributed by atoms with Crippen molar-refractivity contribution in [3.8, 4) is 0 Å². The lowest BCUT2D eigenvalue weighted by atomic mass is 10.1. The SMILES string of the molecule is CC1Cc2c(cnn2C)C1=O. The minimum Gasteiger partial charge on any atom is -0.294 e. The van der Waals surface area contributed by atoms with Crippen molar-refractivity contribution in [1.82, 2.24) is 9.78 Å². The average Bonchev–Trinajstić information content (AvgIpc) is 2.43. The van der Waals surface area contributed by atoms with Gasteiger partial charge < -0.3 is 0 Å². The number of aromatic nitrogens is 2. The van der Waals surface area contributed by atoms with E-state index in [2.05, 4.69) is 5.10 Å². The van der Waals surface area contributed by atoms with E-state index in [1.54, 1.807) is 10.9 Å². The zero-order valence-corrected chi connectivity index (χ0v) is 6.66. The molecule has 0 saturated heterocycles. The summed E-state index contributed by atoms with van der Waals surface area (Å²) in [6.07, 6.45) is 2.52. The number of hydrogen-bond donors (Lipinski definition) is 0. The molecule has 1 aliphatic rings. The highest BCUT2D eigenvalue weighted by atomic mass is 16.1. The molecule has 1 aromatic rings. The van der Waals surface area contributed by atoms with E-state index in [-0.39, 0.29) is 11.7 Å². The quantitative estimate of drug-likeness (QED) is 0.548. The normalized spacial score (nSPS) is 22.4. The highest BCUT2D eigenvalue weighted by molar-refractivity contribution is 6.01. The van der Waals surface area contributed by atoms with Crippen LogP contribution in [0.2, 0.25) is 0 Å². The molecule has 58 valence electrons. The molecule has 11 heavy (non-hydrogen) atoms. The van der Waals surface area contributed by atoms with Crippen LogP contribution in [0.5, 0.6) is 0 Å². The molecular weight excluding hydrogens is 140 g/mol. The maximum atomic E-state index is 11.4. The number of rotatable bonds is 0. The van der Waals surface area contributed by atoms with Crippen molar-refractivity contribution in [2.24, 2.45) is 13.0 Å². The molecule has 3 heteroatoms. The van der Waals surface area contributed by atoms with Crippen molar-refractivity contribution in [2.45, 2.75) is 13.3 Å². The van der Waals surface area contributed by atoms with Gasteiger partial charge in [-0.3, -0.25) is 9.48 Å². The standard InChI is InChI=1S/C8H10N2O/c1-5-3-7-6(8(5)11)4-9-10(7)2/h4-5H,3H2,1-2H3. The molecule has 0 aliphatic heterocycles. The molecule has 0 fully saturated rings. The first-order valence-corrected chi connectivity index (χ1v) is 3.75. The molecule has 2 rings (SSSR count). The van der Waals surface area contributed by atoms with Crippen molar-refractivity contribution in [1.29, 1.82) is 0 Å². The molecule has 0 spiro atoms. The molecule has 1 atom stereocenters. The van der Waals surface area contributed by atoms with Crippen LogP contribution in [-0.4, -0.2) is 15.6 Å². The van der Waals surface area contributed by atoms with Gasteiger partial charge in [-0.2, -0.15) is 5.10 Å². The number of aryl methyl sites for hydroxylation is 1. The fourth-order valence-electron chi connectivity index (χ4n) is 1.56. The Morgan fingerprint density at radius 1 is 1.73 bits per heavy atom. The third-order valence-corrected chi connectivity index (χ3v) is 2.27. The van der Waals surface area contributed by atoms with Crippen molar-refractivity contribution < 1.29 is 4.79 Å². The lowest BCUT2D eigenvalue weighted by molar-refractivity contribution is 0.0946. The number of carbonyl (C=O) groups is 1. The fourth-order valence-corrected chi connectivity index (χ4v) is 1.56. The minimum atomic E-state index is 0.161. The zero-order chi connectivity index (χ0) is 8.01. The average molecular weight is 150 g/mol. The highest BCUT2D eigenvalue weighted by Crippen LogP contribution is 2.25. The van der Waals surface area contributed by atoms with Gasteiger partial charge in [0.1, 0.15) is 0 Å². The summed E-state index contributed by atoms with van der Waals surface area (Å²) in [5.41, 5.74) is 1.91. The first kappa shape index (κ1) is 6.58. The summed E-state index contributed by atoms with van der Waals surface area (Å²) in [7, 11) is 1.88. The van der Waals surface area contributed by atoms with Gasteiger partial charge in [-0.25, -0.2) is 0 Å². The largest absolute Gasteiger partial charge is 0.294 e. The topological polar surface area (TPSA) is 34.9 Å². The van der Waals surface area contributed by atoms with Crippen LogP contribution >= 0.6 is 0 Å². The third kappa shape index (κ3) is 0.737. The number of carbonyl (C=O) groups excluding carboxylic acids is 1. The summed E-state index contributed by atoms with van der Waals surface area (Å²) in [5, 5.41) is 4.02. The first-order valence-electron chi connectivity index (χ1n) is 3.75. The van der Waals surface area contributed by atoms with Gasteiger partial charge in [0.2, 0.25) is 0 Å². The van der Waals surface area contributed by atoms with Gasteiger partial charge in [0, 0.05) is 18.7 Å². The van der Waals surface area contributed by atoms with Crippen LogP contribution in [0.15, 0.2) is 6.20 Å². The molecule has 0 radical (unpaired) electrons. The van der Waals surface area contributed by atoms with Crippen molar-refractivity contribution >= 4 is 5.78 Å². The maximum absolute atomic E-state index is 11.4. The molecule has 0 amide bonds. The second kappa shape index (κ2) is 1.94. The maximum Gasteiger partial charge on any atom is 0.169 e. The monoisotopic (exact) mass is 150 g/mol. The predicted octanol–water partition coefficient (Wildman–Crippen LogP) is 0.795. The molecule has 3 nitrogen and oxygen atoms in total. The number of fused-ring (bicyclic) bond motifs is 1. The summed E-state index contributed by atoms with van der Waals surface area (Å²) in [6.45, 7) is 1.96. The lowest BCUT2D eigenvalue weighted by Crippen LogP contribution is -2.04. The van der Waals surface area contributed by atoms with Crippen molar-refractivity contribution in [3.05, 3.63) is 17.5 Å². The van der Waals surface area contributed by atoms with Crippen molar-refractivity contribution in [3.63, 3.8) is 0 Å². The highest BCUT2D eigenvalue weighted by Gasteiger charge is 2.29. The number of ketones is 1. The molecular formula is C8H10N2O. The molecule has 0 aromatic carbocycles. The zero-order valence-electron chi connectivity index (χ0n) is 6.66. The smallest absolute Gasteiger partial charge is 0.169 e. The van der Waals surface area contributed by atoms with Crippen molar-refractivity contribution in [2.75, 3.05) is 0 Å². The van der Waals surface area contributed by atoms with Gasteiger partial charge in [0.05, 0.1) is 11.8 Å². The molecule has 0 N–H and O–H groups in total. The van der Waals surface area contributed by atoms with Crippen LogP contribution in [0.25, 0.3) is 0 Å². The van der Waals surface area contributed by atoms with Gasteiger partial charge in [-0.1, -0.05) is 6.92 Å². The van der Waals surface area contributed by atoms with E-state index in [1.165, 1.54) is 0 Å². The van der Waals surface area contributed by atoms with E-state index < -0.39 is 0 Å². The van der Waals surface area contributed by atoms with E-state index in [4.69, 9.17) is 0 Å². The Morgan fingerprint density at radius 2 is 2.45 bits per heavy atom. The lowest BCUT2D eigenvalue weighted by Gasteiger charge is -1.97. The number of nitrogens with zero attached hydrogens (tertiary/aromatic N) is 2. The summed E-state index contributed by atoms with van der Waals surface area (Å²) < 4.78 is 1.79. The molecule has 1 aromatic heterocycles. The van der Waals surface area contributed by atoms with Gasteiger partial charge in [-0.15, -0.1) is 0 Å². The molecule has 1 unspecified atom stereocenters. The Labute approximate surface area is 65.0 Å². The Hall–Kier alpha value is -1.12. The Morgan fingerprint density at radius 3 is 3.09 bits per heavy atom. The van der Waals surface area contributed by atoms with Crippen LogP contribution in [0.4, 0.5) is 0 Å². The van der Waals surface area contributed by atoms with E-state index in [1.807, 2.05) is 14.0 Å². The summed E-state index contributed by atoms with van der Waals surface area (Å²) in [6, 6.07) is 0. The Kier molecular flexibility index (Phi) is 1.16. The predicted molar refractivity (Wildman–Crippen MR) is 40.4 cm³/mol. The van der Waals surface area contributed by atoms with E-state index in [0.29, 0.717) is 0 Å². The van der Waals surface area contributed by atoms with Gasteiger partial charge in [0.25, 0.3) is 0 Å². The third-order valence-electron chi connectivity index (χ3n) is 2.27. The van der Waals surface area contributed by atoms with Crippen LogP contribution in [0, 0.1) is 5.92 Å². The van der Waals surface area contributed by atoms with Crippen LogP contribution in [0.3, 0.4) is 0 Å². The van der Waals surface area contributed by atoms with Gasteiger partial charge >= 0.3 is 0 Å². The summed E-state index contributed by atoms with van der Waals surface area (Å²) >= 11 is 0. The minimum absolute atomic E-state index is 0.161. The molecule has 1 aliphatic carbocycles. The number of Topliss-reactive ketones (excluding diaryl/α,β-unsaturated/α-hetero) is 1. The van der Waals surface area contributed by atoms with Gasteiger partial charge in [-0.05, 0) is 6.42 Å². The van der Waals surface area contributed by atoms with E-state index >= 15 is 0 Å². The van der Waals surface area contributed by atoms with Crippen LogP contribution in [-0.2, 0) is 13.5 Å². The van der Waals surface area contributed by atoms with Crippen LogP contribution in [0.1, 0.15) is 23.0 Å². The van der Waals surface area contributed by atoms with E-state index in [9.17, 15) is 4.79 Å². The second-order valence-corrected chi connectivity index (χ2v) is 3.10. The summed E-state index contributed by atoms with van der Waals surface area (Å²) in [4.78, 5) is 11.4. The number of hydrogen-bond acceptors (Lipinski definition) is 2. The van der Waals surface area contributed by atoms with Gasteiger partial charge in [0.15, 0.2) is 5.78 Å². The Balaban J connectivity index is 2.56. The molecule has 1 heterocycles.